The molecule has 0 amide bonds. The fourth-order valence-electron chi connectivity index (χ4n) is 4.96. The van der Waals surface area contributed by atoms with Gasteiger partial charge in [0, 0.05) is 37.2 Å². The lowest BCUT2D eigenvalue weighted by Gasteiger charge is -2.12. The standard InChI is InChI=1S/C30H27N5O/c31-30-28-26(14-18-34(30)17-8-16-33-19-15-32-22-33)35(21-25-13-7-20-36-25)29(24-11-5-2-6-12-24)27(28)23-9-3-1-4-10-23/h1-7,9-15,18-20,22,31H,8,16-17,21H2. The van der Waals surface area contributed by atoms with Crippen molar-refractivity contribution < 1.29 is 4.42 Å². The maximum Gasteiger partial charge on any atom is 0.134 e. The largest absolute Gasteiger partial charge is 0.467 e. The third-order valence-corrected chi connectivity index (χ3v) is 6.62. The minimum Gasteiger partial charge on any atom is -0.467 e. The highest BCUT2D eigenvalue weighted by atomic mass is 16.3. The van der Waals surface area contributed by atoms with Crippen molar-refractivity contribution in [3.63, 3.8) is 0 Å². The van der Waals surface area contributed by atoms with E-state index in [1.54, 1.807) is 12.5 Å². The van der Waals surface area contributed by atoms with Crippen LogP contribution in [-0.4, -0.2) is 18.7 Å². The number of rotatable bonds is 8. The van der Waals surface area contributed by atoms with Gasteiger partial charge >= 0.3 is 0 Å². The van der Waals surface area contributed by atoms with Crippen LogP contribution in [0.25, 0.3) is 33.3 Å². The van der Waals surface area contributed by atoms with E-state index in [1.165, 1.54) is 0 Å². The van der Waals surface area contributed by atoms with Crippen LogP contribution in [0.2, 0.25) is 0 Å². The summed E-state index contributed by atoms with van der Waals surface area (Å²) in [7, 11) is 0. The van der Waals surface area contributed by atoms with E-state index < -0.39 is 0 Å². The summed E-state index contributed by atoms with van der Waals surface area (Å²) in [6, 6.07) is 26.9. The van der Waals surface area contributed by atoms with Gasteiger partial charge in [0.25, 0.3) is 0 Å². The minimum absolute atomic E-state index is 0.521. The van der Waals surface area contributed by atoms with Crippen LogP contribution in [0.5, 0.6) is 0 Å². The molecule has 4 aromatic heterocycles. The first-order chi connectivity index (χ1) is 17.8. The molecule has 0 aliphatic rings. The van der Waals surface area contributed by atoms with Crippen molar-refractivity contribution in [3.05, 3.63) is 121 Å². The van der Waals surface area contributed by atoms with Crippen LogP contribution < -0.4 is 5.49 Å². The van der Waals surface area contributed by atoms with Gasteiger partial charge in [0.2, 0.25) is 0 Å². The van der Waals surface area contributed by atoms with Gasteiger partial charge in [0.05, 0.1) is 35.7 Å². The molecular formula is C30H27N5O. The van der Waals surface area contributed by atoms with Gasteiger partial charge in [-0.25, -0.2) is 4.98 Å². The highest BCUT2D eigenvalue weighted by Crippen LogP contribution is 2.40. The van der Waals surface area contributed by atoms with Crippen molar-refractivity contribution in [2.45, 2.75) is 26.1 Å². The van der Waals surface area contributed by atoms with Gasteiger partial charge in [0.1, 0.15) is 11.2 Å². The van der Waals surface area contributed by atoms with Crippen LogP contribution in [0.4, 0.5) is 0 Å². The summed E-state index contributed by atoms with van der Waals surface area (Å²) in [6.07, 6.45) is 10.3. The number of fused-ring (bicyclic) bond motifs is 1. The van der Waals surface area contributed by atoms with Crippen LogP contribution in [-0.2, 0) is 19.6 Å². The quantitative estimate of drug-likeness (QED) is 0.287. The van der Waals surface area contributed by atoms with Gasteiger partial charge in [0.15, 0.2) is 0 Å². The number of aromatic nitrogens is 4. The summed E-state index contributed by atoms with van der Waals surface area (Å²) in [4.78, 5) is 4.13. The zero-order chi connectivity index (χ0) is 24.3. The summed E-state index contributed by atoms with van der Waals surface area (Å²) < 4.78 is 12.2. The molecule has 0 spiro atoms. The maximum absolute atomic E-state index is 9.31. The molecule has 6 heteroatoms. The Kier molecular flexibility index (Phi) is 5.83. The fourth-order valence-corrected chi connectivity index (χ4v) is 4.96. The van der Waals surface area contributed by atoms with E-state index in [0.29, 0.717) is 12.0 Å². The lowest BCUT2D eigenvalue weighted by atomic mass is 9.99. The van der Waals surface area contributed by atoms with Crippen molar-refractivity contribution in [1.82, 2.24) is 18.7 Å². The number of hydrogen-bond acceptors (Lipinski definition) is 3. The van der Waals surface area contributed by atoms with Crippen molar-refractivity contribution >= 4 is 10.9 Å². The predicted octanol–water partition coefficient (Wildman–Crippen LogP) is 6.18. The second kappa shape index (κ2) is 9.58. The molecule has 0 aliphatic heterocycles. The molecule has 0 fully saturated rings. The summed E-state index contributed by atoms with van der Waals surface area (Å²) in [5.41, 5.74) is 5.94. The van der Waals surface area contributed by atoms with E-state index in [-0.39, 0.29) is 0 Å². The molecule has 0 saturated carbocycles. The third-order valence-electron chi connectivity index (χ3n) is 6.62. The number of nitrogens with zero attached hydrogens (tertiary/aromatic N) is 4. The van der Waals surface area contributed by atoms with Gasteiger partial charge in [-0.1, -0.05) is 60.7 Å². The molecule has 36 heavy (non-hydrogen) atoms. The molecule has 0 radical (unpaired) electrons. The number of nitrogens with one attached hydrogen (secondary N) is 1. The van der Waals surface area contributed by atoms with Gasteiger partial charge < -0.3 is 18.1 Å². The average Bonchev–Trinajstić information content (AvgIpc) is 3.68. The molecule has 6 aromatic rings. The zero-order valence-corrected chi connectivity index (χ0v) is 19.9. The highest BCUT2D eigenvalue weighted by Gasteiger charge is 2.22. The molecule has 6 nitrogen and oxygen atoms in total. The van der Waals surface area contributed by atoms with E-state index in [0.717, 1.165) is 58.6 Å². The van der Waals surface area contributed by atoms with Crippen LogP contribution in [0.15, 0.2) is 114 Å². The Hall–Kier alpha value is -4.58. The van der Waals surface area contributed by atoms with Crippen molar-refractivity contribution in [2.24, 2.45) is 0 Å². The number of furan rings is 1. The Morgan fingerprint density at radius 1 is 0.806 bits per heavy atom. The van der Waals surface area contributed by atoms with E-state index in [1.807, 2.05) is 43.0 Å². The Morgan fingerprint density at radius 3 is 2.28 bits per heavy atom. The van der Waals surface area contributed by atoms with Crippen LogP contribution in [0.1, 0.15) is 12.2 Å². The van der Waals surface area contributed by atoms with Crippen LogP contribution in [0.3, 0.4) is 0 Å². The topological polar surface area (TPSA) is 64.7 Å². The molecule has 178 valence electrons. The highest BCUT2D eigenvalue weighted by molar-refractivity contribution is 6.04. The number of pyridine rings is 1. The first-order valence-electron chi connectivity index (χ1n) is 12.2. The molecule has 2 aromatic carbocycles. The summed E-state index contributed by atoms with van der Waals surface area (Å²) in [5.74, 6) is 0.882. The number of aryl methyl sites for hydroxylation is 2. The molecule has 0 unspecified atom stereocenters. The number of benzene rings is 2. The molecule has 1 N–H and O–H groups in total. The van der Waals surface area contributed by atoms with Crippen molar-refractivity contribution in [3.8, 4) is 22.4 Å². The Labute approximate surface area is 209 Å². The Bertz CT molecular complexity index is 1630. The fraction of sp³-hybridized carbons (Fsp3) is 0.133. The van der Waals surface area contributed by atoms with Crippen LogP contribution >= 0.6 is 0 Å². The van der Waals surface area contributed by atoms with E-state index in [4.69, 9.17) is 4.42 Å². The van der Waals surface area contributed by atoms with Crippen LogP contribution in [0, 0.1) is 5.41 Å². The van der Waals surface area contributed by atoms with Crippen molar-refractivity contribution in [2.75, 3.05) is 0 Å². The van der Waals surface area contributed by atoms with Gasteiger partial charge in [-0.3, -0.25) is 5.41 Å². The average molecular weight is 474 g/mol. The first-order valence-corrected chi connectivity index (χ1v) is 12.2. The smallest absolute Gasteiger partial charge is 0.134 e. The number of imidazole rings is 1. The SMILES string of the molecule is N=c1c2c(-c3ccccc3)c(-c3ccccc3)n(Cc3ccco3)c2ccn1CCCn1ccnc1. The number of hydrogen-bond donors (Lipinski definition) is 1. The maximum atomic E-state index is 9.31. The summed E-state index contributed by atoms with van der Waals surface area (Å²) in [5, 5.41) is 10.3. The normalized spacial score (nSPS) is 11.3. The van der Waals surface area contributed by atoms with E-state index in [2.05, 4.69) is 73.3 Å². The lowest BCUT2D eigenvalue weighted by molar-refractivity contribution is 0.497. The predicted molar refractivity (Wildman–Crippen MR) is 141 cm³/mol. The second-order valence-electron chi connectivity index (χ2n) is 8.89. The molecule has 0 saturated heterocycles. The van der Waals surface area contributed by atoms with E-state index in [9.17, 15) is 5.41 Å². The second-order valence-corrected chi connectivity index (χ2v) is 8.89. The van der Waals surface area contributed by atoms with Gasteiger partial charge in [-0.05, 0) is 35.7 Å². The summed E-state index contributed by atoms with van der Waals surface area (Å²) in [6.45, 7) is 2.21. The third kappa shape index (κ3) is 4.07. The van der Waals surface area contributed by atoms with E-state index >= 15 is 0 Å². The Morgan fingerprint density at radius 2 is 1.58 bits per heavy atom. The van der Waals surface area contributed by atoms with Gasteiger partial charge in [-0.2, -0.15) is 0 Å². The molecule has 6 rings (SSSR count). The first kappa shape index (κ1) is 21.9. The minimum atomic E-state index is 0.521. The summed E-state index contributed by atoms with van der Waals surface area (Å²) >= 11 is 0. The molecule has 0 aliphatic carbocycles. The molecule has 0 atom stereocenters. The Balaban J connectivity index is 1.56. The monoisotopic (exact) mass is 473 g/mol. The molecule has 4 heterocycles. The van der Waals surface area contributed by atoms with Crippen molar-refractivity contribution in [1.29, 1.82) is 5.41 Å². The molecular weight excluding hydrogens is 446 g/mol. The molecule has 0 bridgehead atoms. The lowest BCUT2D eigenvalue weighted by Crippen LogP contribution is -2.20. The zero-order valence-electron chi connectivity index (χ0n) is 19.9. The van der Waals surface area contributed by atoms with Gasteiger partial charge in [-0.15, -0.1) is 0 Å².